The third-order valence-corrected chi connectivity index (χ3v) is 8.18. The number of carbonyl (C=O) groups is 2. The second-order valence-electron chi connectivity index (χ2n) is 10.9. The number of carboxylic acid groups (broad SMARTS) is 1. The second kappa shape index (κ2) is 11.3. The third kappa shape index (κ3) is 5.78. The lowest BCUT2D eigenvalue weighted by atomic mass is 9.92. The van der Waals surface area contributed by atoms with Gasteiger partial charge < -0.3 is 15.2 Å². The fraction of sp³-hybridized carbons (Fsp3) is 0.281. The quantitative estimate of drug-likeness (QED) is 0.280. The smallest absolute Gasteiger partial charge is 0.475 e. The molecule has 2 unspecified atom stereocenters. The van der Waals surface area contributed by atoms with Crippen molar-refractivity contribution in [3.05, 3.63) is 94.7 Å². The standard InChI is InChI=1S/C30H28N4O2.C2HF3O2/c35-29-30(24-6-1-2-7-27(24)31-29)18-25(30)22-9-10-23-26(32-33-28(23)17-22)11-8-20-4-3-5-21(16-20)19-34-12-14-36-15-13-34;3-2(4,5)1(6)7/h1-11,16-17,25H,12-15,18-19H2,(H,31,35)(H,32,33);(H,6,7)/b11-8+;. The Bertz CT molecular complexity index is 1710. The minimum Gasteiger partial charge on any atom is -0.475 e. The number of para-hydroxylation sites is 1. The number of amides is 1. The molecule has 2 atom stereocenters. The van der Waals surface area contributed by atoms with Gasteiger partial charge in [-0.15, -0.1) is 0 Å². The Balaban J connectivity index is 0.000000423. The van der Waals surface area contributed by atoms with Gasteiger partial charge in [-0.3, -0.25) is 14.8 Å². The summed E-state index contributed by atoms with van der Waals surface area (Å²) in [6.45, 7) is 4.55. The van der Waals surface area contributed by atoms with E-state index >= 15 is 0 Å². The van der Waals surface area contributed by atoms with E-state index < -0.39 is 17.6 Å². The molecular formula is C32H29F3N4O4. The molecule has 0 bridgehead atoms. The molecule has 3 N–H and O–H groups in total. The molecule has 1 amide bonds. The van der Waals surface area contributed by atoms with Crippen LogP contribution in [0.4, 0.5) is 18.9 Å². The number of carbonyl (C=O) groups excluding carboxylic acids is 1. The van der Waals surface area contributed by atoms with Gasteiger partial charge >= 0.3 is 12.1 Å². The minimum absolute atomic E-state index is 0.123. The first-order valence-corrected chi connectivity index (χ1v) is 13.9. The van der Waals surface area contributed by atoms with Crippen LogP contribution in [0.15, 0.2) is 66.7 Å². The average Bonchev–Trinajstić information content (AvgIpc) is 3.52. The van der Waals surface area contributed by atoms with Gasteiger partial charge in [-0.25, -0.2) is 4.79 Å². The molecule has 2 fully saturated rings. The van der Waals surface area contributed by atoms with E-state index in [0.29, 0.717) is 0 Å². The number of nitrogens with one attached hydrogen (secondary N) is 2. The zero-order valence-electron chi connectivity index (χ0n) is 23.0. The normalized spacial score (nSPS) is 21.5. The number of halogens is 3. The van der Waals surface area contributed by atoms with Crippen LogP contribution in [0.1, 0.15) is 40.3 Å². The maximum Gasteiger partial charge on any atom is 0.490 e. The first kappa shape index (κ1) is 28.6. The zero-order chi connectivity index (χ0) is 30.2. The van der Waals surface area contributed by atoms with Crippen molar-refractivity contribution in [3.8, 4) is 0 Å². The Labute approximate surface area is 245 Å². The van der Waals surface area contributed by atoms with Gasteiger partial charge in [0.2, 0.25) is 5.91 Å². The topological polar surface area (TPSA) is 108 Å². The zero-order valence-corrected chi connectivity index (χ0v) is 23.0. The molecule has 4 aromatic rings. The number of aromatic amines is 1. The fourth-order valence-corrected chi connectivity index (χ4v) is 5.94. The highest BCUT2D eigenvalue weighted by Gasteiger charge is 2.65. The molecule has 1 saturated heterocycles. The Hall–Kier alpha value is -4.48. The van der Waals surface area contributed by atoms with E-state index in [2.05, 4.69) is 81.1 Å². The highest BCUT2D eigenvalue weighted by atomic mass is 19.4. The van der Waals surface area contributed by atoms with Crippen molar-refractivity contribution >= 4 is 40.6 Å². The fourth-order valence-electron chi connectivity index (χ4n) is 5.94. The summed E-state index contributed by atoms with van der Waals surface area (Å²) in [5.74, 6) is -2.44. The molecule has 0 radical (unpaired) electrons. The Morgan fingerprint density at radius 2 is 1.84 bits per heavy atom. The third-order valence-electron chi connectivity index (χ3n) is 8.18. The van der Waals surface area contributed by atoms with E-state index in [9.17, 15) is 18.0 Å². The van der Waals surface area contributed by atoms with Crippen LogP contribution in [0.3, 0.4) is 0 Å². The molecule has 2 aliphatic heterocycles. The number of ether oxygens (including phenoxy) is 1. The van der Waals surface area contributed by atoms with E-state index in [1.165, 1.54) is 16.7 Å². The summed E-state index contributed by atoms with van der Waals surface area (Å²) in [4.78, 5) is 24.2. The minimum atomic E-state index is -5.08. The summed E-state index contributed by atoms with van der Waals surface area (Å²) >= 11 is 0. The van der Waals surface area contributed by atoms with Gasteiger partial charge in [0.05, 0.1) is 29.8 Å². The van der Waals surface area contributed by atoms with Crippen LogP contribution in [-0.2, 0) is 26.3 Å². The van der Waals surface area contributed by atoms with Crippen LogP contribution in [0.25, 0.3) is 23.1 Å². The molecule has 1 aromatic heterocycles. The number of benzene rings is 3. The van der Waals surface area contributed by atoms with Gasteiger partial charge in [-0.1, -0.05) is 60.7 Å². The number of H-pyrrole nitrogens is 1. The molecule has 1 saturated carbocycles. The van der Waals surface area contributed by atoms with Crippen molar-refractivity contribution in [2.45, 2.75) is 30.5 Å². The van der Waals surface area contributed by atoms with E-state index in [1.54, 1.807) is 0 Å². The number of aliphatic carboxylic acids is 1. The van der Waals surface area contributed by atoms with E-state index in [-0.39, 0.29) is 11.8 Å². The first-order valence-electron chi connectivity index (χ1n) is 13.9. The number of aromatic nitrogens is 2. The number of nitrogens with zero attached hydrogens (tertiary/aromatic N) is 2. The summed E-state index contributed by atoms with van der Waals surface area (Å²) in [7, 11) is 0. The lowest BCUT2D eigenvalue weighted by Gasteiger charge is -2.26. The van der Waals surface area contributed by atoms with Crippen LogP contribution in [0, 0.1) is 0 Å². The molecule has 8 nitrogen and oxygen atoms in total. The predicted octanol–water partition coefficient (Wildman–Crippen LogP) is 5.58. The van der Waals surface area contributed by atoms with Crippen molar-refractivity contribution in [3.63, 3.8) is 0 Å². The molecular weight excluding hydrogens is 561 g/mol. The SMILES string of the molecule is O=C(O)C(F)(F)F.O=C1Nc2ccccc2C12CC2c1ccc2c(/C=C/c3cccc(CN4CCOCC4)c3)n[nH]c2c1. The number of hydrogen-bond acceptors (Lipinski definition) is 5. The molecule has 7 rings (SSSR count). The van der Waals surface area contributed by atoms with Gasteiger partial charge in [-0.2, -0.15) is 18.3 Å². The molecule has 222 valence electrons. The van der Waals surface area contributed by atoms with Crippen LogP contribution in [-0.4, -0.2) is 64.6 Å². The summed E-state index contributed by atoms with van der Waals surface area (Å²) < 4.78 is 37.2. The maximum absolute atomic E-state index is 12.9. The summed E-state index contributed by atoms with van der Waals surface area (Å²) in [5.41, 5.74) is 7.25. The maximum atomic E-state index is 12.9. The number of fused-ring (bicyclic) bond motifs is 3. The van der Waals surface area contributed by atoms with Gasteiger partial charge in [-0.05, 0) is 46.9 Å². The van der Waals surface area contributed by atoms with Gasteiger partial charge in [0.15, 0.2) is 0 Å². The number of anilines is 1. The summed E-state index contributed by atoms with van der Waals surface area (Å²) in [6.07, 6.45) is -0.0311. The van der Waals surface area contributed by atoms with Crippen molar-refractivity contribution in [1.29, 1.82) is 0 Å². The van der Waals surface area contributed by atoms with Crippen LogP contribution in [0.2, 0.25) is 0 Å². The Morgan fingerprint density at radius 3 is 2.60 bits per heavy atom. The van der Waals surface area contributed by atoms with Crippen molar-refractivity contribution in [2.24, 2.45) is 0 Å². The summed E-state index contributed by atoms with van der Waals surface area (Å²) in [6, 6.07) is 23.2. The predicted molar refractivity (Wildman–Crippen MR) is 155 cm³/mol. The van der Waals surface area contributed by atoms with Crippen molar-refractivity contribution in [2.75, 3.05) is 31.6 Å². The Morgan fingerprint density at radius 1 is 1.07 bits per heavy atom. The number of morpholine rings is 1. The highest BCUT2D eigenvalue weighted by Crippen LogP contribution is 2.65. The van der Waals surface area contributed by atoms with Crippen LogP contribution >= 0.6 is 0 Å². The van der Waals surface area contributed by atoms with Crippen molar-refractivity contribution < 1.29 is 32.6 Å². The first-order chi connectivity index (χ1) is 20.6. The molecule has 3 heterocycles. The number of alkyl halides is 3. The molecule has 1 spiro atoms. The largest absolute Gasteiger partial charge is 0.490 e. The molecule has 11 heteroatoms. The highest BCUT2D eigenvalue weighted by molar-refractivity contribution is 6.09. The molecule has 3 aromatic carbocycles. The lowest BCUT2D eigenvalue weighted by Crippen LogP contribution is -2.35. The number of rotatable bonds is 5. The molecule has 43 heavy (non-hydrogen) atoms. The van der Waals surface area contributed by atoms with E-state index in [4.69, 9.17) is 14.6 Å². The van der Waals surface area contributed by atoms with Crippen LogP contribution in [0.5, 0.6) is 0 Å². The van der Waals surface area contributed by atoms with Gasteiger partial charge in [0.1, 0.15) is 0 Å². The molecule has 1 aliphatic carbocycles. The van der Waals surface area contributed by atoms with Gasteiger partial charge in [0.25, 0.3) is 0 Å². The second-order valence-corrected chi connectivity index (χ2v) is 10.9. The average molecular weight is 591 g/mol. The monoisotopic (exact) mass is 590 g/mol. The van der Waals surface area contributed by atoms with Crippen LogP contribution < -0.4 is 5.32 Å². The number of hydrogen-bond donors (Lipinski definition) is 3. The Kier molecular flexibility index (Phi) is 7.53. The van der Waals surface area contributed by atoms with Crippen molar-refractivity contribution in [1.82, 2.24) is 15.1 Å². The van der Waals surface area contributed by atoms with E-state index in [0.717, 1.165) is 67.1 Å². The lowest BCUT2D eigenvalue weighted by molar-refractivity contribution is -0.192. The summed E-state index contributed by atoms with van der Waals surface area (Å²) in [5, 5.41) is 19.1. The van der Waals surface area contributed by atoms with Gasteiger partial charge in [0, 0.05) is 36.6 Å². The molecule has 3 aliphatic rings. The van der Waals surface area contributed by atoms with E-state index in [1.807, 2.05) is 18.2 Å². The number of carboxylic acids is 1.